The molecule has 1 aromatic rings. The van der Waals surface area contributed by atoms with Crippen LogP contribution in [0.4, 0.5) is 0 Å². The molecule has 18 heavy (non-hydrogen) atoms. The van der Waals surface area contributed by atoms with Gasteiger partial charge in [0.1, 0.15) is 0 Å². The third kappa shape index (κ3) is 3.84. The van der Waals surface area contributed by atoms with E-state index in [2.05, 4.69) is 0 Å². The first-order valence-corrected chi connectivity index (χ1v) is 6.64. The molecule has 1 heterocycles. The molecule has 0 amide bonds. The average molecular weight is 291 g/mol. The maximum atomic E-state index is 6.05. The van der Waals surface area contributed by atoms with Crippen LogP contribution in [-0.4, -0.2) is 26.1 Å². The van der Waals surface area contributed by atoms with Crippen LogP contribution in [0.3, 0.4) is 0 Å². The summed E-state index contributed by atoms with van der Waals surface area (Å²) in [7, 11) is 1.65. The molecule has 0 spiro atoms. The van der Waals surface area contributed by atoms with Crippen LogP contribution in [0.1, 0.15) is 18.4 Å². The Morgan fingerprint density at radius 2 is 2.17 bits per heavy atom. The van der Waals surface area contributed by atoms with Crippen molar-refractivity contribution in [3.8, 4) is 0 Å². The number of hydrogen-bond acceptors (Lipinski definition) is 3. The summed E-state index contributed by atoms with van der Waals surface area (Å²) in [5, 5.41) is 1.26. The van der Waals surface area contributed by atoms with Gasteiger partial charge < -0.3 is 14.2 Å². The minimum absolute atomic E-state index is 0.0854. The van der Waals surface area contributed by atoms with Crippen LogP contribution >= 0.6 is 23.2 Å². The summed E-state index contributed by atoms with van der Waals surface area (Å²) in [4.78, 5) is 0. The molecule has 0 aliphatic carbocycles. The molecule has 5 heteroatoms. The highest BCUT2D eigenvalue weighted by Crippen LogP contribution is 2.23. The van der Waals surface area contributed by atoms with Crippen LogP contribution in [0, 0.1) is 0 Å². The third-order valence-corrected chi connectivity index (χ3v) is 3.49. The van der Waals surface area contributed by atoms with Gasteiger partial charge in [-0.2, -0.15) is 0 Å². The zero-order valence-corrected chi connectivity index (χ0v) is 11.7. The van der Waals surface area contributed by atoms with Crippen molar-refractivity contribution in [2.45, 2.75) is 31.8 Å². The van der Waals surface area contributed by atoms with Gasteiger partial charge in [0.25, 0.3) is 0 Å². The zero-order valence-electron chi connectivity index (χ0n) is 10.2. The molecule has 3 nitrogen and oxygen atoms in total. The van der Waals surface area contributed by atoms with Gasteiger partial charge in [-0.3, -0.25) is 0 Å². The molecule has 0 bridgehead atoms. The monoisotopic (exact) mass is 290 g/mol. The molecule has 100 valence electrons. The lowest BCUT2D eigenvalue weighted by atomic mass is 10.2. The van der Waals surface area contributed by atoms with Crippen molar-refractivity contribution in [2.75, 3.05) is 13.7 Å². The maximum absolute atomic E-state index is 6.05. The Labute approximate surface area is 117 Å². The largest absolute Gasteiger partial charge is 0.374 e. The van der Waals surface area contributed by atoms with E-state index in [9.17, 15) is 0 Å². The van der Waals surface area contributed by atoms with Crippen molar-refractivity contribution in [1.82, 2.24) is 0 Å². The summed E-state index contributed by atoms with van der Waals surface area (Å²) in [6, 6.07) is 5.39. The minimum Gasteiger partial charge on any atom is -0.374 e. The molecular weight excluding hydrogens is 275 g/mol. The molecule has 0 N–H and O–H groups in total. The van der Waals surface area contributed by atoms with Crippen molar-refractivity contribution in [1.29, 1.82) is 0 Å². The summed E-state index contributed by atoms with van der Waals surface area (Å²) in [5.41, 5.74) is 0.933. The van der Waals surface area contributed by atoms with E-state index in [1.54, 1.807) is 19.2 Å². The first-order valence-electron chi connectivity index (χ1n) is 5.89. The molecule has 1 aromatic carbocycles. The van der Waals surface area contributed by atoms with Gasteiger partial charge in [0.2, 0.25) is 0 Å². The lowest BCUT2D eigenvalue weighted by molar-refractivity contribution is -0.129. The predicted molar refractivity (Wildman–Crippen MR) is 71.0 cm³/mol. The molecule has 1 fully saturated rings. The maximum Gasteiger partial charge on any atom is 0.157 e. The second-order valence-electron chi connectivity index (χ2n) is 4.25. The van der Waals surface area contributed by atoms with Gasteiger partial charge in [-0.15, -0.1) is 0 Å². The van der Waals surface area contributed by atoms with Gasteiger partial charge in [0.15, 0.2) is 6.29 Å². The van der Waals surface area contributed by atoms with E-state index >= 15 is 0 Å². The molecule has 1 aliphatic rings. The molecule has 2 unspecified atom stereocenters. The van der Waals surface area contributed by atoms with Gasteiger partial charge >= 0.3 is 0 Å². The van der Waals surface area contributed by atoms with E-state index in [1.165, 1.54) is 0 Å². The van der Waals surface area contributed by atoms with Gasteiger partial charge in [0, 0.05) is 23.6 Å². The predicted octanol–water partition coefficient (Wildman–Crippen LogP) is 3.66. The smallest absolute Gasteiger partial charge is 0.157 e. The average Bonchev–Trinajstić information content (AvgIpc) is 2.80. The van der Waals surface area contributed by atoms with Crippen LogP contribution < -0.4 is 0 Å². The Kier molecular flexibility index (Phi) is 5.27. The molecule has 0 saturated carbocycles. The molecule has 0 radical (unpaired) electrons. The SMILES string of the molecule is COC1CCC(COCc2ccc(Cl)cc2Cl)O1. The van der Waals surface area contributed by atoms with E-state index in [1.807, 2.05) is 6.07 Å². The Balaban J connectivity index is 1.75. The minimum atomic E-state index is -0.0854. The fourth-order valence-corrected chi connectivity index (χ4v) is 2.37. The Morgan fingerprint density at radius 3 is 2.83 bits per heavy atom. The van der Waals surface area contributed by atoms with Crippen molar-refractivity contribution >= 4 is 23.2 Å². The van der Waals surface area contributed by atoms with Crippen LogP contribution in [-0.2, 0) is 20.8 Å². The Hall–Kier alpha value is -0.320. The first kappa shape index (κ1) is 14.1. The summed E-state index contributed by atoms with van der Waals surface area (Å²) in [5.74, 6) is 0. The van der Waals surface area contributed by atoms with Crippen LogP contribution in [0.25, 0.3) is 0 Å². The number of rotatable bonds is 5. The second kappa shape index (κ2) is 6.73. The van der Waals surface area contributed by atoms with Crippen molar-refractivity contribution in [2.24, 2.45) is 0 Å². The Bertz CT molecular complexity index is 398. The highest BCUT2D eigenvalue weighted by molar-refractivity contribution is 6.35. The molecule has 1 saturated heterocycles. The van der Waals surface area contributed by atoms with Gasteiger partial charge in [0.05, 0.1) is 19.3 Å². The van der Waals surface area contributed by atoms with E-state index in [-0.39, 0.29) is 12.4 Å². The van der Waals surface area contributed by atoms with E-state index in [0.29, 0.717) is 23.3 Å². The number of ether oxygens (including phenoxy) is 3. The van der Waals surface area contributed by atoms with Gasteiger partial charge in [-0.05, 0) is 24.1 Å². The summed E-state index contributed by atoms with van der Waals surface area (Å²) in [6.45, 7) is 1.02. The van der Waals surface area contributed by atoms with Gasteiger partial charge in [-0.25, -0.2) is 0 Å². The first-order chi connectivity index (χ1) is 8.69. The molecule has 0 aromatic heterocycles. The number of methoxy groups -OCH3 is 1. The van der Waals surface area contributed by atoms with Crippen LogP contribution in [0.5, 0.6) is 0 Å². The lowest BCUT2D eigenvalue weighted by Gasteiger charge is -2.13. The molecular formula is C13H16Cl2O3. The fourth-order valence-electron chi connectivity index (χ4n) is 1.91. The molecule has 1 aliphatic heterocycles. The summed E-state index contributed by atoms with van der Waals surface area (Å²) in [6.07, 6.45) is 1.91. The van der Waals surface area contributed by atoms with Crippen LogP contribution in [0.15, 0.2) is 18.2 Å². The second-order valence-corrected chi connectivity index (χ2v) is 5.10. The van der Waals surface area contributed by atoms with Gasteiger partial charge in [-0.1, -0.05) is 29.3 Å². The quantitative estimate of drug-likeness (QED) is 0.828. The normalized spacial score (nSPS) is 23.5. The summed E-state index contributed by atoms with van der Waals surface area (Å²) < 4.78 is 16.3. The van der Waals surface area contributed by atoms with Crippen molar-refractivity contribution in [3.63, 3.8) is 0 Å². The zero-order chi connectivity index (χ0) is 13.0. The number of hydrogen-bond donors (Lipinski definition) is 0. The highest BCUT2D eigenvalue weighted by Gasteiger charge is 2.24. The highest BCUT2D eigenvalue weighted by atomic mass is 35.5. The van der Waals surface area contributed by atoms with E-state index in [0.717, 1.165) is 18.4 Å². The molecule has 2 rings (SSSR count). The lowest BCUT2D eigenvalue weighted by Crippen LogP contribution is -2.17. The Morgan fingerprint density at radius 1 is 1.33 bits per heavy atom. The summed E-state index contributed by atoms with van der Waals surface area (Å²) >= 11 is 11.9. The van der Waals surface area contributed by atoms with Crippen molar-refractivity contribution in [3.05, 3.63) is 33.8 Å². The topological polar surface area (TPSA) is 27.7 Å². The van der Waals surface area contributed by atoms with E-state index in [4.69, 9.17) is 37.4 Å². The molecule has 2 atom stereocenters. The standard InChI is InChI=1S/C13H16Cl2O3/c1-16-13-5-4-11(18-13)8-17-7-9-2-3-10(14)6-12(9)15/h2-3,6,11,13H,4-5,7-8H2,1H3. The van der Waals surface area contributed by atoms with Crippen LogP contribution in [0.2, 0.25) is 10.0 Å². The fraction of sp³-hybridized carbons (Fsp3) is 0.538. The number of benzene rings is 1. The van der Waals surface area contributed by atoms with E-state index < -0.39 is 0 Å². The number of halogens is 2. The van der Waals surface area contributed by atoms with Crippen molar-refractivity contribution < 1.29 is 14.2 Å². The third-order valence-electron chi connectivity index (χ3n) is 2.91.